The molecule has 0 spiro atoms. The Labute approximate surface area is 192 Å². The van der Waals surface area contributed by atoms with Crippen LogP contribution in [0.3, 0.4) is 0 Å². The predicted octanol–water partition coefficient (Wildman–Crippen LogP) is 3.69. The lowest BCUT2D eigenvalue weighted by Crippen LogP contribution is -2.54. The molecule has 2 saturated heterocycles. The van der Waals surface area contributed by atoms with E-state index in [-0.39, 0.29) is 23.9 Å². The maximum Gasteiger partial charge on any atom is 0.225 e. The maximum absolute atomic E-state index is 13.3. The summed E-state index contributed by atoms with van der Waals surface area (Å²) in [6, 6.07) is 21.6. The summed E-state index contributed by atoms with van der Waals surface area (Å²) < 4.78 is 5.56. The minimum absolute atomic E-state index is 0.00485. The fraction of sp³-hybridized carbons (Fsp3) is 0.519. The first-order valence-corrected chi connectivity index (χ1v) is 12.1. The van der Waals surface area contributed by atoms with Crippen molar-refractivity contribution in [2.45, 2.75) is 50.9 Å². The van der Waals surface area contributed by atoms with Crippen LogP contribution in [-0.4, -0.2) is 61.1 Å². The summed E-state index contributed by atoms with van der Waals surface area (Å²) in [7, 11) is 1.74. The molecular formula is C27H37N3O2. The summed E-state index contributed by atoms with van der Waals surface area (Å²) in [5.74, 6) is 0.209. The number of amides is 1. The van der Waals surface area contributed by atoms with Crippen molar-refractivity contribution < 1.29 is 9.53 Å². The Morgan fingerprint density at radius 3 is 2.16 bits per heavy atom. The molecule has 2 aliphatic heterocycles. The second kappa shape index (κ2) is 11.6. The van der Waals surface area contributed by atoms with Crippen LogP contribution >= 0.6 is 0 Å². The number of piperidine rings is 2. The predicted molar refractivity (Wildman–Crippen MR) is 128 cm³/mol. The van der Waals surface area contributed by atoms with Gasteiger partial charge < -0.3 is 10.1 Å². The number of carbonyl (C=O) groups excluding carboxylic acids is 1. The largest absolute Gasteiger partial charge is 0.383 e. The van der Waals surface area contributed by atoms with Gasteiger partial charge in [0, 0.05) is 45.4 Å². The van der Waals surface area contributed by atoms with Crippen molar-refractivity contribution in [1.29, 1.82) is 0 Å². The zero-order valence-corrected chi connectivity index (χ0v) is 19.3. The molecule has 2 aromatic carbocycles. The van der Waals surface area contributed by atoms with Crippen LogP contribution in [0.5, 0.6) is 0 Å². The highest BCUT2D eigenvalue weighted by atomic mass is 16.5. The van der Waals surface area contributed by atoms with Gasteiger partial charge in [-0.15, -0.1) is 0 Å². The summed E-state index contributed by atoms with van der Waals surface area (Å²) in [6.45, 7) is 5.55. The first kappa shape index (κ1) is 23.0. The van der Waals surface area contributed by atoms with Gasteiger partial charge in [0.2, 0.25) is 5.91 Å². The van der Waals surface area contributed by atoms with Crippen molar-refractivity contribution in [1.82, 2.24) is 15.1 Å². The topological polar surface area (TPSA) is 44.8 Å². The highest BCUT2D eigenvalue weighted by molar-refractivity contribution is 5.79. The van der Waals surface area contributed by atoms with Crippen molar-refractivity contribution in [2.75, 3.05) is 33.4 Å². The Balaban J connectivity index is 1.30. The molecule has 0 bridgehead atoms. The Kier molecular flexibility index (Phi) is 8.32. The van der Waals surface area contributed by atoms with Crippen molar-refractivity contribution in [2.24, 2.45) is 5.92 Å². The van der Waals surface area contributed by atoms with E-state index in [0.29, 0.717) is 6.61 Å². The van der Waals surface area contributed by atoms with Gasteiger partial charge >= 0.3 is 0 Å². The molecule has 0 unspecified atom stereocenters. The summed E-state index contributed by atoms with van der Waals surface area (Å²) >= 11 is 0. The molecule has 0 aliphatic carbocycles. The average molecular weight is 436 g/mol. The third kappa shape index (κ3) is 6.18. The summed E-state index contributed by atoms with van der Waals surface area (Å²) in [5.41, 5.74) is 2.65. The fourth-order valence-electron chi connectivity index (χ4n) is 5.22. The van der Waals surface area contributed by atoms with Crippen LogP contribution in [0.4, 0.5) is 0 Å². The molecule has 1 N–H and O–H groups in total. The zero-order chi connectivity index (χ0) is 22.2. The molecule has 2 aromatic rings. The Bertz CT molecular complexity index is 821. The van der Waals surface area contributed by atoms with Crippen LogP contribution in [-0.2, 0) is 22.6 Å². The monoisotopic (exact) mass is 435 g/mol. The van der Waals surface area contributed by atoms with Crippen LogP contribution in [0.25, 0.3) is 0 Å². The number of ether oxygens (including phenoxy) is 1. The smallest absolute Gasteiger partial charge is 0.225 e. The molecule has 5 nitrogen and oxygen atoms in total. The van der Waals surface area contributed by atoms with Crippen LogP contribution < -0.4 is 5.32 Å². The Hall–Kier alpha value is -2.21. The minimum atomic E-state index is -0.00485. The number of nitrogens with one attached hydrogen (secondary N) is 1. The van der Waals surface area contributed by atoms with Crippen LogP contribution in [0.2, 0.25) is 0 Å². The van der Waals surface area contributed by atoms with E-state index in [1.807, 2.05) is 6.07 Å². The zero-order valence-electron chi connectivity index (χ0n) is 19.3. The highest BCUT2D eigenvalue weighted by Gasteiger charge is 2.37. The molecule has 2 atom stereocenters. The van der Waals surface area contributed by atoms with Crippen molar-refractivity contribution in [3.63, 3.8) is 0 Å². The molecule has 0 aromatic heterocycles. The first-order valence-electron chi connectivity index (χ1n) is 12.1. The van der Waals surface area contributed by atoms with Crippen LogP contribution in [0.1, 0.15) is 36.8 Å². The van der Waals surface area contributed by atoms with Crippen molar-refractivity contribution in [3.05, 3.63) is 71.8 Å². The van der Waals surface area contributed by atoms with Crippen LogP contribution in [0.15, 0.2) is 60.7 Å². The lowest BCUT2D eigenvalue weighted by atomic mass is 9.87. The quantitative estimate of drug-likeness (QED) is 0.687. The summed E-state index contributed by atoms with van der Waals surface area (Å²) in [4.78, 5) is 18.2. The van der Waals surface area contributed by atoms with Gasteiger partial charge in [-0.25, -0.2) is 0 Å². The van der Waals surface area contributed by atoms with Gasteiger partial charge in [-0.05, 0) is 43.4 Å². The number of likely N-dealkylation sites (tertiary alicyclic amines) is 2. The molecule has 4 rings (SSSR count). The number of rotatable bonds is 8. The standard InChI is InChI=1S/C27H37N3O2/c1-32-21-26-25(13-8-16-30(26)20-23-11-6-3-7-12-23)27(31)28-24-14-17-29(18-15-24)19-22-9-4-2-5-10-22/h2-7,9-12,24-26H,8,13-21H2,1H3,(H,28,31)/t25-,26-/m1/s1. The first-order chi connectivity index (χ1) is 15.7. The molecule has 172 valence electrons. The Morgan fingerprint density at radius 2 is 1.53 bits per heavy atom. The normalized spacial score (nSPS) is 23.2. The molecule has 32 heavy (non-hydrogen) atoms. The minimum Gasteiger partial charge on any atom is -0.383 e. The molecule has 0 radical (unpaired) electrons. The maximum atomic E-state index is 13.3. The fourth-order valence-corrected chi connectivity index (χ4v) is 5.22. The van der Waals surface area contributed by atoms with E-state index in [1.54, 1.807) is 7.11 Å². The van der Waals surface area contributed by atoms with Gasteiger partial charge in [0.15, 0.2) is 0 Å². The number of benzene rings is 2. The Morgan fingerprint density at radius 1 is 0.906 bits per heavy atom. The molecule has 2 aliphatic rings. The molecular weight excluding hydrogens is 398 g/mol. The third-order valence-electron chi connectivity index (χ3n) is 6.98. The van der Waals surface area contributed by atoms with Gasteiger partial charge in [0.05, 0.1) is 12.5 Å². The van der Waals surface area contributed by atoms with Crippen molar-refractivity contribution >= 4 is 5.91 Å². The average Bonchev–Trinajstić information content (AvgIpc) is 2.83. The van der Waals surface area contributed by atoms with E-state index < -0.39 is 0 Å². The lowest BCUT2D eigenvalue weighted by Gasteiger charge is -2.41. The van der Waals surface area contributed by atoms with E-state index in [4.69, 9.17) is 4.74 Å². The summed E-state index contributed by atoms with van der Waals surface area (Å²) in [6.07, 6.45) is 4.04. The summed E-state index contributed by atoms with van der Waals surface area (Å²) in [5, 5.41) is 3.40. The molecule has 1 amide bonds. The molecule has 5 heteroatoms. The second-order valence-corrected chi connectivity index (χ2v) is 9.27. The highest BCUT2D eigenvalue weighted by Crippen LogP contribution is 2.27. The van der Waals surface area contributed by atoms with Crippen LogP contribution in [0, 0.1) is 5.92 Å². The van der Waals surface area contributed by atoms with Gasteiger partial charge in [-0.2, -0.15) is 0 Å². The number of nitrogens with zero attached hydrogens (tertiary/aromatic N) is 2. The lowest BCUT2D eigenvalue weighted by molar-refractivity contribution is -0.131. The molecule has 0 saturated carbocycles. The molecule has 2 fully saturated rings. The van der Waals surface area contributed by atoms with Gasteiger partial charge in [0.1, 0.15) is 0 Å². The van der Waals surface area contributed by atoms with Crippen molar-refractivity contribution in [3.8, 4) is 0 Å². The van der Waals surface area contributed by atoms with E-state index in [0.717, 1.165) is 58.4 Å². The molecule has 2 heterocycles. The van der Waals surface area contributed by atoms with E-state index in [1.165, 1.54) is 11.1 Å². The van der Waals surface area contributed by atoms with Gasteiger partial charge in [-0.3, -0.25) is 14.6 Å². The third-order valence-corrected chi connectivity index (χ3v) is 6.98. The van der Waals surface area contributed by atoms with E-state index in [2.05, 4.69) is 69.7 Å². The second-order valence-electron chi connectivity index (χ2n) is 9.27. The number of hydrogen-bond donors (Lipinski definition) is 1. The van der Waals surface area contributed by atoms with E-state index >= 15 is 0 Å². The number of carbonyl (C=O) groups is 1. The van der Waals surface area contributed by atoms with Gasteiger partial charge in [-0.1, -0.05) is 60.7 Å². The van der Waals surface area contributed by atoms with Gasteiger partial charge in [0.25, 0.3) is 0 Å². The SMILES string of the molecule is COC[C@@H]1[C@H](C(=O)NC2CCN(Cc3ccccc3)CC2)CCCN1Cc1ccccc1. The number of methoxy groups -OCH3 is 1. The van der Waals surface area contributed by atoms with E-state index in [9.17, 15) is 4.79 Å². The number of hydrogen-bond acceptors (Lipinski definition) is 4.